The minimum atomic E-state index is -0.0976. The molecule has 6 heteroatoms. The molecular weight excluding hydrogens is 364 g/mol. The van der Waals surface area contributed by atoms with Crippen LogP contribution in [0.3, 0.4) is 0 Å². The van der Waals surface area contributed by atoms with Crippen LogP contribution in [0.15, 0.2) is 48.8 Å². The highest BCUT2D eigenvalue weighted by Crippen LogP contribution is 2.37. The Hall–Kier alpha value is -3.15. The van der Waals surface area contributed by atoms with Crippen molar-refractivity contribution in [3.63, 3.8) is 0 Å². The van der Waals surface area contributed by atoms with Crippen LogP contribution in [0.5, 0.6) is 0 Å². The van der Waals surface area contributed by atoms with E-state index < -0.39 is 0 Å². The molecule has 2 fully saturated rings. The summed E-state index contributed by atoms with van der Waals surface area (Å²) >= 11 is 0. The van der Waals surface area contributed by atoms with Gasteiger partial charge in [-0.05, 0) is 48.6 Å². The van der Waals surface area contributed by atoms with E-state index in [-0.39, 0.29) is 11.8 Å². The molecule has 2 aliphatic rings. The van der Waals surface area contributed by atoms with Crippen LogP contribution in [0.25, 0.3) is 11.0 Å². The third-order valence-corrected chi connectivity index (χ3v) is 5.80. The van der Waals surface area contributed by atoms with Gasteiger partial charge in [0.15, 0.2) is 0 Å². The number of hydrogen-bond donors (Lipinski definition) is 1. The van der Waals surface area contributed by atoms with Gasteiger partial charge >= 0.3 is 0 Å². The van der Waals surface area contributed by atoms with E-state index in [1.54, 1.807) is 0 Å². The zero-order valence-corrected chi connectivity index (χ0v) is 16.3. The van der Waals surface area contributed by atoms with Crippen LogP contribution in [0.4, 0.5) is 0 Å². The minimum Gasteiger partial charge on any atom is -0.348 e. The van der Waals surface area contributed by atoms with Gasteiger partial charge in [-0.15, -0.1) is 0 Å². The van der Waals surface area contributed by atoms with Crippen molar-refractivity contribution in [1.82, 2.24) is 19.8 Å². The molecule has 29 heavy (non-hydrogen) atoms. The van der Waals surface area contributed by atoms with E-state index in [0.29, 0.717) is 31.1 Å². The molecule has 6 nitrogen and oxygen atoms in total. The Morgan fingerprint density at radius 2 is 1.90 bits per heavy atom. The predicted molar refractivity (Wildman–Crippen MR) is 110 cm³/mol. The Bertz CT molecular complexity index is 1070. The summed E-state index contributed by atoms with van der Waals surface area (Å²) in [6.07, 6.45) is 5.91. The Labute approximate surface area is 169 Å². The van der Waals surface area contributed by atoms with Gasteiger partial charge in [-0.1, -0.05) is 24.3 Å². The first-order chi connectivity index (χ1) is 14.2. The molecule has 1 aliphatic carbocycles. The number of carbonyl (C=O) groups excluding carboxylic acids is 2. The number of hydrogen-bond acceptors (Lipinski definition) is 3. The van der Waals surface area contributed by atoms with Crippen molar-refractivity contribution in [3.8, 4) is 0 Å². The molecule has 0 unspecified atom stereocenters. The van der Waals surface area contributed by atoms with Gasteiger partial charge in [-0.25, -0.2) is 4.98 Å². The Morgan fingerprint density at radius 1 is 1.10 bits per heavy atom. The summed E-state index contributed by atoms with van der Waals surface area (Å²) < 4.78 is 2.20. The van der Waals surface area contributed by atoms with Crippen molar-refractivity contribution in [3.05, 3.63) is 65.5 Å². The molecule has 1 N–H and O–H groups in total. The zero-order valence-electron chi connectivity index (χ0n) is 16.3. The minimum absolute atomic E-state index is 0.0976. The van der Waals surface area contributed by atoms with Crippen LogP contribution in [-0.4, -0.2) is 32.8 Å². The van der Waals surface area contributed by atoms with Crippen LogP contribution in [0.2, 0.25) is 0 Å². The molecule has 1 aliphatic heterocycles. The lowest BCUT2D eigenvalue weighted by molar-refractivity contribution is -0.128. The SMILES string of the molecule is O=C(NCc1ccc(CN2CCCC2=O)cc1)c1ccc2c(c1)ncn2C1CC1. The molecule has 0 bridgehead atoms. The maximum absolute atomic E-state index is 12.6. The van der Waals surface area contributed by atoms with E-state index in [4.69, 9.17) is 0 Å². The van der Waals surface area contributed by atoms with Crippen molar-refractivity contribution in [1.29, 1.82) is 0 Å². The summed E-state index contributed by atoms with van der Waals surface area (Å²) in [4.78, 5) is 30.7. The van der Waals surface area contributed by atoms with E-state index in [2.05, 4.69) is 14.9 Å². The fourth-order valence-electron chi connectivity index (χ4n) is 3.96. The van der Waals surface area contributed by atoms with Gasteiger partial charge in [0, 0.05) is 37.7 Å². The predicted octanol–water partition coefficient (Wildman–Crippen LogP) is 3.42. The van der Waals surface area contributed by atoms with Gasteiger partial charge < -0.3 is 14.8 Å². The molecule has 0 radical (unpaired) electrons. The fraction of sp³-hybridized carbons (Fsp3) is 0.348. The summed E-state index contributed by atoms with van der Waals surface area (Å²) in [6.45, 7) is 1.98. The van der Waals surface area contributed by atoms with Crippen LogP contribution >= 0.6 is 0 Å². The highest BCUT2D eigenvalue weighted by molar-refractivity contribution is 5.97. The molecule has 2 amide bonds. The molecule has 1 aromatic heterocycles. The number of benzene rings is 2. The molecular formula is C23H24N4O2. The van der Waals surface area contributed by atoms with Gasteiger partial charge in [-0.3, -0.25) is 9.59 Å². The molecule has 3 aromatic rings. The van der Waals surface area contributed by atoms with E-state index in [1.807, 2.05) is 53.7 Å². The van der Waals surface area contributed by atoms with Crippen LogP contribution in [-0.2, 0) is 17.9 Å². The molecule has 0 atom stereocenters. The molecule has 2 aromatic carbocycles. The van der Waals surface area contributed by atoms with Crippen molar-refractivity contribution in [2.75, 3.05) is 6.54 Å². The second-order valence-electron chi connectivity index (χ2n) is 8.00. The van der Waals surface area contributed by atoms with E-state index in [9.17, 15) is 9.59 Å². The van der Waals surface area contributed by atoms with Gasteiger partial charge in [0.05, 0.1) is 17.4 Å². The average molecular weight is 388 g/mol. The quantitative estimate of drug-likeness (QED) is 0.704. The third-order valence-electron chi connectivity index (χ3n) is 5.80. The number of aromatic nitrogens is 2. The highest BCUT2D eigenvalue weighted by atomic mass is 16.2. The monoisotopic (exact) mass is 388 g/mol. The number of fused-ring (bicyclic) bond motifs is 1. The largest absolute Gasteiger partial charge is 0.348 e. The van der Waals surface area contributed by atoms with Crippen LogP contribution in [0.1, 0.15) is 53.2 Å². The first-order valence-electron chi connectivity index (χ1n) is 10.3. The highest BCUT2D eigenvalue weighted by Gasteiger charge is 2.25. The summed E-state index contributed by atoms with van der Waals surface area (Å²) in [7, 11) is 0. The Kier molecular flexibility index (Phi) is 4.54. The summed E-state index contributed by atoms with van der Waals surface area (Å²) in [6, 6.07) is 14.4. The lowest BCUT2D eigenvalue weighted by atomic mass is 10.1. The summed E-state index contributed by atoms with van der Waals surface area (Å²) in [5, 5.41) is 2.98. The van der Waals surface area contributed by atoms with Crippen molar-refractivity contribution >= 4 is 22.8 Å². The molecule has 2 heterocycles. The number of likely N-dealkylation sites (tertiary alicyclic amines) is 1. The van der Waals surface area contributed by atoms with Gasteiger partial charge in [0.25, 0.3) is 5.91 Å². The number of amides is 2. The first kappa shape index (κ1) is 17.9. The summed E-state index contributed by atoms with van der Waals surface area (Å²) in [5.41, 5.74) is 4.74. The number of nitrogens with one attached hydrogen (secondary N) is 1. The second-order valence-corrected chi connectivity index (χ2v) is 8.00. The third kappa shape index (κ3) is 3.75. The van der Waals surface area contributed by atoms with Crippen LogP contribution in [0, 0.1) is 0 Å². The standard InChI is InChI=1S/C23H24N4O2/c28-22-2-1-11-26(22)14-17-5-3-16(4-6-17)13-24-23(29)18-7-10-21-20(12-18)25-15-27(21)19-8-9-19/h3-7,10,12,15,19H,1-2,8-9,11,13-14H2,(H,24,29). The second kappa shape index (κ2) is 7.35. The molecule has 1 saturated carbocycles. The molecule has 5 rings (SSSR count). The van der Waals surface area contributed by atoms with Crippen molar-refractivity contribution < 1.29 is 9.59 Å². The van der Waals surface area contributed by atoms with Crippen molar-refractivity contribution in [2.24, 2.45) is 0 Å². The maximum Gasteiger partial charge on any atom is 0.251 e. The number of nitrogens with zero attached hydrogens (tertiary/aromatic N) is 3. The normalized spacial score (nSPS) is 16.6. The lowest BCUT2D eigenvalue weighted by Crippen LogP contribution is -2.24. The number of imidazole rings is 1. The van der Waals surface area contributed by atoms with Crippen LogP contribution < -0.4 is 5.32 Å². The lowest BCUT2D eigenvalue weighted by Gasteiger charge is -2.15. The Morgan fingerprint density at radius 3 is 2.62 bits per heavy atom. The summed E-state index contributed by atoms with van der Waals surface area (Å²) in [5.74, 6) is 0.139. The van der Waals surface area contributed by atoms with E-state index in [1.165, 1.54) is 12.8 Å². The average Bonchev–Trinajstić information content (AvgIpc) is 3.38. The van der Waals surface area contributed by atoms with Crippen molar-refractivity contribution in [2.45, 2.75) is 44.8 Å². The number of rotatable bonds is 6. The van der Waals surface area contributed by atoms with Gasteiger partial charge in [-0.2, -0.15) is 0 Å². The maximum atomic E-state index is 12.6. The first-order valence-corrected chi connectivity index (χ1v) is 10.3. The van der Waals surface area contributed by atoms with E-state index >= 15 is 0 Å². The smallest absolute Gasteiger partial charge is 0.251 e. The number of carbonyl (C=O) groups is 2. The van der Waals surface area contributed by atoms with E-state index in [0.717, 1.165) is 35.1 Å². The molecule has 1 saturated heterocycles. The molecule has 0 spiro atoms. The Balaban J connectivity index is 1.20. The van der Waals surface area contributed by atoms with Gasteiger partial charge in [0.2, 0.25) is 5.91 Å². The topological polar surface area (TPSA) is 67.2 Å². The fourth-order valence-corrected chi connectivity index (χ4v) is 3.96. The molecule has 148 valence electrons. The zero-order chi connectivity index (χ0) is 19.8. The van der Waals surface area contributed by atoms with Gasteiger partial charge in [0.1, 0.15) is 0 Å².